The molecule has 0 unspecified atom stereocenters. The molecule has 2 heterocycles. The summed E-state index contributed by atoms with van der Waals surface area (Å²) >= 11 is 0. The number of imide groups is 1. The number of nitrogens with one attached hydrogen (secondary N) is 1. The number of carbonyl (C=O) groups is 3. The Hall–Kier alpha value is -3.39. The van der Waals surface area contributed by atoms with Gasteiger partial charge >= 0.3 is 5.97 Å². The van der Waals surface area contributed by atoms with E-state index >= 15 is 0 Å². The molecule has 2 saturated heterocycles. The number of benzene rings is 2. The Kier molecular flexibility index (Phi) is 4.71. The summed E-state index contributed by atoms with van der Waals surface area (Å²) in [6.45, 7) is 0. The van der Waals surface area contributed by atoms with Gasteiger partial charge in [0.2, 0.25) is 11.8 Å². The highest BCUT2D eigenvalue weighted by Gasteiger charge is 2.61. The fourth-order valence-electron chi connectivity index (χ4n) is 4.23. The summed E-state index contributed by atoms with van der Waals surface area (Å²) < 4.78 is 10.7. The predicted molar refractivity (Wildman–Crippen MR) is 103 cm³/mol. The van der Waals surface area contributed by atoms with Crippen molar-refractivity contribution >= 4 is 23.5 Å². The molecule has 2 aromatic rings. The first-order chi connectivity index (χ1) is 14.0. The number of hydrogen-bond donors (Lipinski definition) is 2. The average molecular weight is 396 g/mol. The highest BCUT2D eigenvalue weighted by molar-refractivity contribution is 6.23. The SMILES string of the molecule is COc1ccc([C@@H]2N[C@H](C(=O)O)[C@H]3C(=O)N(c4ccccc4)C(=O)[C@H]32)c(OC)c1. The molecule has 2 aromatic carbocycles. The van der Waals surface area contributed by atoms with Crippen molar-refractivity contribution in [2.45, 2.75) is 12.1 Å². The number of fused-ring (bicyclic) bond motifs is 1. The largest absolute Gasteiger partial charge is 0.497 e. The molecule has 2 amide bonds. The third kappa shape index (κ3) is 2.92. The molecule has 0 saturated carbocycles. The standard InChI is InChI=1S/C21H20N2O6/c1-28-12-8-9-13(14(10-12)29-2)17-15-16(18(22-17)21(26)27)20(25)23(19(15)24)11-6-4-3-5-7-11/h3-10,15-18,22H,1-2H3,(H,26,27)/t15-,16+,17+,18+/m1/s1. The third-order valence-corrected chi connectivity index (χ3v) is 5.53. The maximum absolute atomic E-state index is 13.3. The van der Waals surface area contributed by atoms with Crippen LogP contribution in [0.5, 0.6) is 11.5 Å². The number of rotatable bonds is 5. The number of carboxylic acid groups (broad SMARTS) is 1. The molecule has 4 atom stereocenters. The van der Waals surface area contributed by atoms with Gasteiger partial charge in [0.15, 0.2) is 0 Å². The molecule has 0 radical (unpaired) electrons. The van der Waals surface area contributed by atoms with Crippen molar-refractivity contribution in [1.29, 1.82) is 0 Å². The van der Waals surface area contributed by atoms with Crippen LogP contribution in [0.25, 0.3) is 0 Å². The molecule has 150 valence electrons. The summed E-state index contributed by atoms with van der Waals surface area (Å²) in [4.78, 5) is 39.3. The quantitative estimate of drug-likeness (QED) is 0.740. The zero-order valence-corrected chi connectivity index (χ0v) is 15.9. The lowest BCUT2D eigenvalue weighted by Crippen LogP contribution is -2.43. The Morgan fingerprint density at radius 2 is 1.69 bits per heavy atom. The van der Waals surface area contributed by atoms with Crippen LogP contribution in [0.2, 0.25) is 0 Å². The van der Waals surface area contributed by atoms with Gasteiger partial charge in [-0.1, -0.05) is 24.3 Å². The van der Waals surface area contributed by atoms with Crippen LogP contribution in [0.3, 0.4) is 0 Å². The molecule has 0 bridgehead atoms. The highest BCUT2D eigenvalue weighted by Crippen LogP contribution is 2.47. The van der Waals surface area contributed by atoms with E-state index in [4.69, 9.17) is 9.47 Å². The lowest BCUT2D eigenvalue weighted by molar-refractivity contribution is -0.142. The molecule has 2 N–H and O–H groups in total. The molecule has 0 aliphatic carbocycles. The lowest BCUT2D eigenvalue weighted by atomic mass is 9.86. The fraction of sp³-hybridized carbons (Fsp3) is 0.286. The Morgan fingerprint density at radius 1 is 1.00 bits per heavy atom. The fourth-order valence-corrected chi connectivity index (χ4v) is 4.23. The molecule has 0 spiro atoms. The molecular weight excluding hydrogens is 376 g/mol. The van der Waals surface area contributed by atoms with Gasteiger partial charge in [-0.25, -0.2) is 4.90 Å². The minimum atomic E-state index is -1.18. The van der Waals surface area contributed by atoms with Gasteiger partial charge in [-0.05, 0) is 18.2 Å². The number of hydrogen-bond acceptors (Lipinski definition) is 6. The molecule has 2 aliphatic rings. The van der Waals surface area contributed by atoms with Gasteiger partial charge in [-0.3, -0.25) is 19.7 Å². The van der Waals surface area contributed by atoms with Gasteiger partial charge in [0, 0.05) is 17.7 Å². The number of ether oxygens (including phenoxy) is 2. The number of amides is 2. The minimum Gasteiger partial charge on any atom is -0.497 e. The Balaban J connectivity index is 1.79. The molecule has 2 fully saturated rings. The Bertz CT molecular complexity index is 976. The monoisotopic (exact) mass is 396 g/mol. The summed E-state index contributed by atoms with van der Waals surface area (Å²) in [5, 5.41) is 12.7. The lowest BCUT2D eigenvalue weighted by Gasteiger charge is -2.23. The van der Waals surface area contributed by atoms with E-state index in [0.717, 1.165) is 4.90 Å². The second-order valence-electron chi connectivity index (χ2n) is 6.97. The number of anilines is 1. The topological polar surface area (TPSA) is 105 Å². The molecule has 4 rings (SSSR count). The summed E-state index contributed by atoms with van der Waals surface area (Å²) in [5.74, 6) is -2.96. The van der Waals surface area contributed by atoms with Crippen LogP contribution in [0, 0.1) is 11.8 Å². The van der Waals surface area contributed by atoms with E-state index in [2.05, 4.69) is 5.32 Å². The number of para-hydroxylation sites is 1. The first-order valence-corrected chi connectivity index (χ1v) is 9.11. The summed E-state index contributed by atoms with van der Waals surface area (Å²) in [5.41, 5.74) is 1.03. The molecule has 8 heteroatoms. The van der Waals surface area contributed by atoms with E-state index in [1.807, 2.05) is 0 Å². The van der Waals surface area contributed by atoms with E-state index in [1.165, 1.54) is 14.2 Å². The molecule has 2 aliphatic heterocycles. The van der Waals surface area contributed by atoms with Gasteiger partial charge in [0.25, 0.3) is 0 Å². The van der Waals surface area contributed by atoms with Gasteiger partial charge in [0.1, 0.15) is 17.5 Å². The van der Waals surface area contributed by atoms with Crippen molar-refractivity contribution in [3.63, 3.8) is 0 Å². The second kappa shape index (κ2) is 7.21. The molecule has 0 aromatic heterocycles. The first-order valence-electron chi connectivity index (χ1n) is 9.11. The van der Waals surface area contributed by atoms with Gasteiger partial charge < -0.3 is 14.6 Å². The zero-order valence-electron chi connectivity index (χ0n) is 15.9. The number of carbonyl (C=O) groups excluding carboxylic acids is 2. The van der Waals surface area contributed by atoms with Crippen molar-refractivity contribution in [2.24, 2.45) is 11.8 Å². The smallest absolute Gasteiger partial charge is 0.321 e. The van der Waals surface area contributed by atoms with E-state index in [-0.39, 0.29) is 0 Å². The number of aliphatic carboxylic acids is 1. The van der Waals surface area contributed by atoms with Crippen molar-refractivity contribution in [1.82, 2.24) is 5.32 Å². The number of nitrogens with zero attached hydrogens (tertiary/aromatic N) is 1. The average Bonchev–Trinajstić information content (AvgIpc) is 3.25. The second-order valence-corrected chi connectivity index (χ2v) is 6.97. The van der Waals surface area contributed by atoms with E-state index in [1.54, 1.807) is 48.5 Å². The number of carboxylic acids is 1. The normalized spacial score (nSPS) is 25.8. The molecular formula is C21H20N2O6. The van der Waals surface area contributed by atoms with Crippen LogP contribution in [0.1, 0.15) is 11.6 Å². The van der Waals surface area contributed by atoms with E-state index in [0.29, 0.717) is 22.7 Å². The summed E-state index contributed by atoms with van der Waals surface area (Å²) in [6, 6.07) is 11.8. The Morgan fingerprint density at radius 3 is 2.31 bits per heavy atom. The van der Waals surface area contributed by atoms with Crippen molar-refractivity contribution < 1.29 is 29.0 Å². The van der Waals surface area contributed by atoms with Gasteiger partial charge in [-0.2, -0.15) is 0 Å². The van der Waals surface area contributed by atoms with Gasteiger partial charge in [0.05, 0.1) is 31.7 Å². The van der Waals surface area contributed by atoms with Gasteiger partial charge in [-0.15, -0.1) is 0 Å². The maximum Gasteiger partial charge on any atom is 0.321 e. The van der Waals surface area contributed by atoms with Crippen LogP contribution in [-0.2, 0) is 14.4 Å². The van der Waals surface area contributed by atoms with E-state index in [9.17, 15) is 19.5 Å². The Labute approximate surface area is 167 Å². The maximum atomic E-state index is 13.3. The third-order valence-electron chi connectivity index (χ3n) is 5.53. The molecule has 29 heavy (non-hydrogen) atoms. The minimum absolute atomic E-state index is 0.426. The summed E-state index contributed by atoms with van der Waals surface area (Å²) in [6.07, 6.45) is 0. The van der Waals surface area contributed by atoms with Crippen LogP contribution in [0.15, 0.2) is 48.5 Å². The summed E-state index contributed by atoms with van der Waals surface area (Å²) in [7, 11) is 3.01. The van der Waals surface area contributed by atoms with Crippen LogP contribution >= 0.6 is 0 Å². The predicted octanol–water partition coefficient (Wildman–Crippen LogP) is 1.61. The highest BCUT2D eigenvalue weighted by atomic mass is 16.5. The molecule has 8 nitrogen and oxygen atoms in total. The zero-order chi connectivity index (χ0) is 20.7. The number of methoxy groups -OCH3 is 2. The first kappa shape index (κ1) is 18.9. The van der Waals surface area contributed by atoms with E-state index < -0.39 is 41.7 Å². The van der Waals surface area contributed by atoms with Crippen LogP contribution in [-0.4, -0.2) is 43.2 Å². The van der Waals surface area contributed by atoms with Crippen molar-refractivity contribution in [3.05, 3.63) is 54.1 Å². The van der Waals surface area contributed by atoms with Crippen LogP contribution in [0.4, 0.5) is 5.69 Å². The van der Waals surface area contributed by atoms with Crippen LogP contribution < -0.4 is 19.7 Å². The van der Waals surface area contributed by atoms with Crippen molar-refractivity contribution in [3.8, 4) is 11.5 Å². The van der Waals surface area contributed by atoms with Crippen molar-refractivity contribution in [2.75, 3.05) is 19.1 Å².